The maximum absolute atomic E-state index is 15.2. The Morgan fingerprint density at radius 3 is 1.51 bits per heavy atom. The Labute approximate surface area is 243 Å². The summed E-state index contributed by atoms with van der Waals surface area (Å²) in [4.78, 5) is 73.7. The summed E-state index contributed by atoms with van der Waals surface area (Å²) in [5, 5.41) is 3.35. The number of carbonyl (C=O) groups is 6. The zero-order valence-corrected chi connectivity index (χ0v) is 24.0. The van der Waals surface area contributed by atoms with Crippen LogP contribution in [0.5, 0.6) is 0 Å². The first-order chi connectivity index (χ1) is 20.1. The Kier molecular flexibility index (Phi) is 13.0. The molecule has 43 heavy (non-hydrogen) atoms. The molecule has 19 heteroatoms. The molecule has 2 aliphatic heterocycles. The van der Waals surface area contributed by atoms with E-state index in [9.17, 15) is 28.8 Å². The molecule has 0 N–H and O–H groups in total. The lowest BCUT2D eigenvalue weighted by Crippen LogP contribution is -2.66. The van der Waals surface area contributed by atoms with Crippen LogP contribution in [0.1, 0.15) is 41.5 Å². The van der Waals surface area contributed by atoms with Crippen molar-refractivity contribution in [2.24, 2.45) is 5.11 Å². The third-order valence-electron chi connectivity index (χ3n) is 5.78. The molecule has 0 saturated carbocycles. The predicted molar refractivity (Wildman–Crippen MR) is 132 cm³/mol. The average molecular weight is 622 g/mol. The van der Waals surface area contributed by atoms with Crippen molar-refractivity contribution in [2.45, 2.75) is 103 Å². The van der Waals surface area contributed by atoms with E-state index >= 15 is 4.39 Å². The molecule has 10 atom stereocenters. The summed E-state index contributed by atoms with van der Waals surface area (Å²) in [6.07, 6.45) is -15.5. The first-order valence-electron chi connectivity index (χ1n) is 12.7. The Morgan fingerprint density at radius 2 is 1.07 bits per heavy atom. The SMILES string of the molecule is CC(=O)OC[C@H]1O[C@@H](O[C@H]2[C@@H](OC(C)=O)[C@@H](COC(C)=O)OC(F)[C@@H]2N=[N+]=[N-])[C@H](OC(C)=O)[C@@H](OC(C)=O)[C@H]1OC(C)=O. The number of ether oxygens (including phenoxy) is 9. The van der Waals surface area contributed by atoms with Crippen molar-refractivity contribution in [1.82, 2.24) is 0 Å². The maximum Gasteiger partial charge on any atom is 0.303 e. The molecule has 2 heterocycles. The van der Waals surface area contributed by atoms with Gasteiger partial charge in [-0.25, -0.2) is 4.39 Å². The average Bonchev–Trinajstić information content (AvgIpc) is 2.87. The van der Waals surface area contributed by atoms with Gasteiger partial charge in [0, 0.05) is 46.5 Å². The molecule has 0 aliphatic carbocycles. The van der Waals surface area contributed by atoms with Crippen LogP contribution >= 0.6 is 0 Å². The van der Waals surface area contributed by atoms with Gasteiger partial charge in [-0.3, -0.25) is 28.8 Å². The molecule has 0 radical (unpaired) electrons. The van der Waals surface area contributed by atoms with E-state index in [1.807, 2.05) is 0 Å². The van der Waals surface area contributed by atoms with Crippen molar-refractivity contribution in [3.63, 3.8) is 0 Å². The Hall–Kier alpha value is -4.06. The normalized spacial score (nSPS) is 31.8. The lowest BCUT2D eigenvalue weighted by molar-refractivity contribution is -0.338. The molecular formula is C24H32FN3O15. The molecule has 0 spiro atoms. The van der Waals surface area contributed by atoms with Gasteiger partial charge >= 0.3 is 35.8 Å². The molecule has 1 unspecified atom stereocenters. The Bertz CT molecular complexity index is 1120. The van der Waals surface area contributed by atoms with E-state index in [4.69, 9.17) is 48.2 Å². The molecule has 0 aromatic carbocycles. The van der Waals surface area contributed by atoms with Crippen molar-refractivity contribution in [2.75, 3.05) is 13.2 Å². The van der Waals surface area contributed by atoms with E-state index in [0.717, 1.165) is 41.5 Å². The number of alkyl halides is 1. The molecule has 2 rings (SSSR count). The van der Waals surface area contributed by atoms with Gasteiger partial charge in [-0.1, -0.05) is 5.11 Å². The fourth-order valence-electron chi connectivity index (χ4n) is 4.34. The third kappa shape index (κ3) is 10.3. The second-order valence-corrected chi connectivity index (χ2v) is 9.27. The van der Waals surface area contributed by atoms with Crippen LogP contribution in [0.15, 0.2) is 5.11 Å². The lowest BCUT2D eigenvalue weighted by atomic mass is 9.95. The molecule has 2 aliphatic rings. The second-order valence-electron chi connectivity index (χ2n) is 9.27. The van der Waals surface area contributed by atoms with Gasteiger partial charge in [0.2, 0.25) is 6.36 Å². The van der Waals surface area contributed by atoms with Crippen molar-refractivity contribution in [3.05, 3.63) is 10.4 Å². The number of azide groups is 1. The van der Waals surface area contributed by atoms with Gasteiger partial charge in [-0.05, 0) is 5.53 Å². The van der Waals surface area contributed by atoms with E-state index < -0.39 is 110 Å². The van der Waals surface area contributed by atoms with Gasteiger partial charge in [0.15, 0.2) is 30.7 Å². The molecule has 2 saturated heterocycles. The van der Waals surface area contributed by atoms with Gasteiger partial charge in [0.1, 0.15) is 37.6 Å². The van der Waals surface area contributed by atoms with Crippen molar-refractivity contribution >= 4 is 35.8 Å². The highest BCUT2D eigenvalue weighted by Crippen LogP contribution is 2.35. The summed E-state index contributed by atoms with van der Waals surface area (Å²) in [7, 11) is 0. The summed E-state index contributed by atoms with van der Waals surface area (Å²) in [6, 6.07) is -1.87. The standard InChI is InChI=1S/C24H32FN3O15/c1-9(29)35-7-15-18(37-11(3)31)20(17(27-28-26)23(25)41-15)43-24-22(40-14(6)34)21(39-13(5)33)19(38-12(4)32)16(42-24)8-36-10(2)30/h15-24H,7-8H2,1-6H3/t15-,16-,17-,18+,19+,20-,21+,22-,23?,24+/m1/s1. The van der Waals surface area contributed by atoms with Crippen molar-refractivity contribution < 1.29 is 75.8 Å². The molecule has 0 aromatic rings. The highest BCUT2D eigenvalue weighted by molar-refractivity contribution is 5.69. The number of carbonyl (C=O) groups excluding carboxylic acids is 6. The molecule has 2 fully saturated rings. The topological polar surface area (TPSA) is 234 Å². The summed E-state index contributed by atoms with van der Waals surface area (Å²) in [5.74, 6) is -5.23. The molecular weight excluding hydrogens is 589 g/mol. The zero-order valence-electron chi connectivity index (χ0n) is 24.0. The lowest BCUT2D eigenvalue weighted by Gasteiger charge is -2.47. The summed E-state index contributed by atoms with van der Waals surface area (Å²) in [5.41, 5.74) is 9.11. The number of rotatable bonds is 11. The van der Waals surface area contributed by atoms with Crippen LogP contribution in [0.25, 0.3) is 10.4 Å². The van der Waals surface area contributed by atoms with Crippen LogP contribution < -0.4 is 0 Å². The van der Waals surface area contributed by atoms with E-state index in [2.05, 4.69) is 10.0 Å². The first-order valence-corrected chi connectivity index (χ1v) is 12.7. The summed E-state index contributed by atoms with van der Waals surface area (Å²) in [6.45, 7) is 4.92. The largest absolute Gasteiger partial charge is 0.463 e. The zero-order chi connectivity index (χ0) is 32.4. The van der Waals surface area contributed by atoms with E-state index in [1.54, 1.807) is 0 Å². The fourth-order valence-corrected chi connectivity index (χ4v) is 4.34. The molecule has 18 nitrogen and oxygen atoms in total. The van der Waals surface area contributed by atoms with Crippen LogP contribution in [0, 0.1) is 0 Å². The van der Waals surface area contributed by atoms with E-state index in [-0.39, 0.29) is 0 Å². The minimum absolute atomic E-state index is 0.598. The molecule has 240 valence electrons. The van der Waals surface area contributed by atoms with Crippen molar-refractivity contribution in [3.8, 4) is 0 Å². The maximum atomic E-state index is 15.2. The van der Waals surface area contributed by atoms with Gasteiger partial charge < -0.3 is 42.6 Å². The highest BCUT2D eigenvalue weighted by Gasteiger charge is 2.56. The summed E-state index contributed by atoms with van der Waals surface area (Å²) >= 11 is 0. The number of halogens is 1. The number of esters is 6. The van der Waals surface area contributed by atoms with Gasteiger partial charge in [-0.2, -0.15) is 0 Å². The number of hydrogen-bond donors (Lipinski definition) is 0. The highest BCUT2D eigenvalue weighted by atomic mass is 19.1. The quantitative estimate of drug-likeness (QED) is 0.0993. The van der Waals surface area contributed by atoms with Crippen molar-refractivity contribution in [1.29, 1.82) is 0 Å². The molecule has 0 bridgehead atoms. The van der Waals surface area contributed by atoms with Gasteiger partial charge in [0.05, 0.1) is 0 Å². The second kappa shape index (κ2) is 16.0. The van der Waals surface area contributed by atoms with Gasteiger partial charge in [-0.15, -0.1) is 0 Å². The minimum atomic E-state index is -2.40. The fraction of sp³-hybridized carbons (Fsp3) is 0.750. The van der Waals surface area contributed by atoms with Crippen LogP contribution in [0.2, 0.25) is 0 Å². The Morgan fingerprint density at radius 1 is 0.651 bits per heavy atom. The molecule has 0 aromatic heterocycles. The monoisotopic (exact) mass is 621 g/mol. The van der Waals surface area contributed by atoms with Crippen LogP contribution in [-0.4, -0.2) is 110 Å². The first kappa shape index (κ1) is 35.1. The predicted octanol–water partition coefficient (Wildman–Crippen LogP) is 0.323. The van der Waals surface area contributed by atoms with Crippen LogP contribution in [-0.2, 0) is 71.4 Å². The number of nitrogens with zero attached hydrogens (tertiary/aromatic N) is 3. The van der Waals surface area contributed by atoms with Crippen LogP contribution in [0.4, 0.5) is 4.39 Å². The smallest absolute Gasteiger partial charge is 0.303 e. The van der Waals surface area contributed by atoms with Crippen LogP contribution in [0.3, 0.4) is 0 Å². The van der Waals surface area contributed by atoms with E-state index in [1.165, 1.54) is 0 Å². The molecule has 0 amide bonds. The Balaban J connectivity index is 2.65. The van der Waals surface area contributed by atoms with Gasteiger partial charge in [0.25, 0.3) is 0 Å². The summed E-state index contributed by atoms with van der Waals surface area (Å²) < 4.78 is 63.3. The number of hydrogen-bond acceptors (Lipinski definition) is 16. The third-order valence-corrected chi connectivity index (χ3v) is 5.78. The minimum Gasteiger partial charge on any atom is -0.463 e. The van der Waals surface area contributed by atoms with E-state index in [0.29, 0.717) is 0 Å².